The highest BCUT2D eigenvalue weighted by atomic mass is 35.5. The van der Waals surface area contributed by atoms with E-state index >= 15 is 0 Å². The van der Waals surface area contributed by atoms with Crippen molar-refractivity contribution < 1.29 is 17.9 Å². The summed E-state index contributed by atoms with van der Waals surface area (Å²) in [5.74, 6) is 0.0134. The van der Waals surface area contributed by atoms with Crippen LogP contribution in [0.2, 0.25) is 5.02 Å². The van der Waals surface area contributed by atoms with Crippen molar-refractivity contribution in [3.63, 3.8) is 0 Å². The van der Waals surface area contributed by atoms with Crippen molar-refractivity contribution in [3.05, 3.63) is 53.1 Å². The molecule has 0 unspecified atom stereocenters. The number of ether oxygens (including phenoxy) is 1. The Morgan fingerprint density at radius 3 is 2.56 bits per heavy atom. The van der Waals surface area contributed by atoms with Crippen molar-refractivity contribution in [1.29, 1.82) is 0 Å². The van der Waals surface area contributed by atoms with Crippen molar-refractivity contribution in [2.45, 2.75) is 36.8 Å². The van der Waals surface area contributed by atoms with Gasteiger partial charge in [0.1, 0.15) is 5.75 Å². The second kappa shape index (κ2) is 6.73. The Balaban J connectivity index is 1.73. The molecule has 142 valence electrons. The van der Waals surface area contributed by atoms with Crippen LogP contribution in [0, 0.1) is 6.92 Å². The van der Waals surface area contributed by atoms with Crippen molar-refractivity contribution in [2.24, 2.45) is 0 Å². The van der Waals surface area contributed by atoms with Crippen LogP contribution in [0.4, 0.5) is 5.69 Å². The summed E-state index contributed by atoms with van der Waals surface area (Å²) in [4.78, 5) is 12.7. The molecule has 2 aliphatic rings. The van der Waals surface area contributed by atoms with Gasteiger partial charge in [0.25, 0.3) is 15.9 Å². The Morgan fingerprint density at radius 2 is 1.89 bits per heavy atom. The molecule has 1 aliphatic heterocycles. The predicted molar refractivity (Wildman–Crippen MR) is 103 cm³/mol. The van der Waals surface area contributed by atoms with Crippen LogP contribution >= 0.6 is 11.6 Å². The molecule has 0 spiro atoms. The molecule has 1 saturated carbocycles. The maximum atomic E-state index is 13.3. The number of halogens is 1. The number of hydrogen-bond donors (Lipinski definition) is 1. The highest BCUT2D eigenvalue weighted by Gasteiger charge is 2.39. The molecule has 0 radical (unpaired) electrons. The van der Waals surface area contributed by atoms with Crippen molar-refractivity contribution in [1.82, 2.24) is 5.32 Å². The molecule has 8 heteroatoms. The molecule has 27 heavy (non-hydrogen) atoms. The summed E-state index contributed by atoms with van der Waals surface area (Å²) in [7, 11) is -3.87. The zero-order valence-corrected chi connectivity index (χ0v) is 16.3. The number of benzene rings is 2. The van der Waals surface area contributed by atoms with Crippen LogP contribution < -0.4 is 14.4 Å². The molecule has 1 heterocycles. The van der Waals surface area contributed by atoms with Gasteiger partial charge in [-0.05, 0) is 50.1 Å². The van der Waals surface area contributed by atoms with Gasteiger partial charge in [-0.3, -0.25) is 9.10 Å². The molecular weight excluding hydrogens is 388 g/mol. The Labute approximate surface area is 163 Å². The summed E-state index contributed by atoms with van der Waals surface area (Å²) < 4.78 is 33.5. The third-order valence-electron chi connectivity index (χ3n) is 4.62. The summed E-state index contributed by atoms with van der Waals surface area (Å²) in [6, 6.07) is 11.5. The van der Waals surface area contributed by atoms with Gasteiger partial charge in [0.2, 0.25) is 0 Å². The van der Waals surface area contributed by atoms with E-state index in [9.17, 15) is 13.2 Å². The molecule has 1 aliphatic carbocycles. The van der Waals surface area contributed by atoms with E-state index in [0.29, 0.717) is 16.5 Å². The van der Waals surface area contributed by atoms with Crippen LogP contribution in [-0.4, -0.2) is 33.0 Å². The highest BCUT2D eigenvalue weighted by molar-refractivity contribution is 7.92. The summed E-state index contributed by atoms with van der Waals surface area (Å²) >= 11 is 6.08. The van der Waals surface area contributed by atoms with Crippen LogP contribution in [0.3, 0.4) is 0 Å². The smallest absolute Gasteiger partial charge is 0.264 e. The molecule has 1 N–H and O–H groups in total. The number of amides is 1. The average molecular weight is 407 g/mol. The lowest BCUT2D eigenvalue weighted by Crippen LogP contribution is -2.51. The fourth-order valence-electron chi connectivity index (χ4n) is 2.95. The van der Waals surface area contributed by atoms with Gasteiger partial charge in [0.15, 0.2) is 6.10 Å². The number of aryl methyl sites for hydroxylation is 1. The van der Waals surface area contributed by atoms with E-state index < -0.39 is 16.1 Å². The van der Waals surface area contributed by atoms with Crippen LogP contribution in [0.5, 0.6) is 5.75 Å². The standard InChI is InChI=1S/C19H19ClN2O4S/c1-12-2-7-15(8-3-12)27(24,25)22-11-18(19(23)21-14-5-6-14)26-17-9-4-13(20)10-16(17)22/h2-4,7-10,14,18H,5-6,11H2,1H3,(H,21,23)/t18-/m1/s1. The zero-order chi connectivity index (χ0) is 19.2. The zero-order valence-electron chi connectivity index (χ0n) is 14.7. The number of nitrogens with zero attached hydrogens (tertiary/aromatic N) is 1. The van der Waals surface area contributed by atoms with Gasteiger partial charge in [0, 0.05) is 11.1 Å². The first-order valence-electron chi connectivity index (χ1n) is 8.70. The van der Waals surface area contributed by atoms with Crippen molar-refractivity contribution >= 4 is 33.2 Å². The number of hydrogen-bond acceptors (Lipinski definition) is 4. The predicted octanol–water partition coefficient (Wildman–Crippen LogP) is 2.88. The summed E-state index contributed by atoms with van der Waals surface area (Å²) in [5, 5.41) is 3.26. The number of rotatable bonds is 4. The first kappa shape index (κ1) is 18.1. The molecular formula is C19H19ClN2O4S. The van der Waals surface area contributed by atoms with Gasteiger partial charge in [-0.25, -0.2) is 8.42 Å². The lowest BCUT2D eigenvalue weighted by molar-refractivity contribution is -0.127. The molecule has 4 rings (SSSR count). The van der Waals surface area contributed by atoms with E-state index in [4.69, 9.17) is 16.3 Å². The quantitative estimate of drug-likeness (QED) is 0.847. The van der Waals surface area contributed by atoms with Gasteiger partial charge >= 0.3 is 0 Å². The monoisotopic (exact) mass is 406 g/mol. The third kappa shape index (κ3) is 3.61. The second-order valence-electron chi connectivity index (χ2n) is 6.85. The Bertz CT molecular complexity index is 987. The lowest BCUT2D eigenvalue weighted by atomic mass is 10.2. The van der Waals surface area contributed by atoms with E-state index in [1.54, 1.807) is 36.4 Å². The number of carbonyl (C=O) groups is 1. The summed E-state index contributed by atoms with van der Waals surface area (Å²) in [6.45, 7) is 1.78. The molecule has 6 nitrogen and oxygen atoms in total. The largest absolute Gasteiger partial charge is 0.476 e. The van der Waals surface area contributed by atoms with Crippen LogP contribution in [0.25, 0.3) is 0 Å². The summed E-state index contributed by atoms with van der Waals surface area (Å²) in [6.07, 6.45) is 0.964. The molecule has 1 atom stereocenters. The van der Waals surface area contributed by atoms with E-state index in [1.165, 1.54) is 10.4 Å². The molecule has 1 amide bonds. The van der Waals surface area contributed by atoms with Gasteiger partial charge in [-0.1, -0.05) is 29.3 Å². The topological polar surface area (TPSA) is 75.7 Å². The highest BCUT2D eigenvalue weighted by Crippen LogP contribution is 2.39. The fraction of sp³-hybridized carbons (Fsp3) is 0.316. The number of sulfonamides is 1. The van der Waals surface area contributed by atoms with Gasteiger partial charge < -0.3 is 10.1 Å². The SMILES string of the molecule is Cc1ccc(S(=O)(=O)N2C[C@H](C(=O)NC3CC3)Oc3ccc(Cl)cc32)cc1. The molecule has 2 aromatic rings. The van der Waals surface area contributed by atoms with Crippen LogP contribution in [-0.2, 0) is 14.8 Å². The minimum atomic E-state index is -3.87. The maximum absolute atomic E-state index is 13.3. The molecule has 1 fully saturated rings. The first-order chi connectivity index (χ1) is 12.8. The van der Waals surface area contributed by atoms with Gasteiger partial charge in [0.05, 0.1) is 17.1 Å². The minimum absolute atomic E-state index is 0.109. The molecule has 0 saturated heterocycles. The lowest BCUT2D eigenvalue weighted by Gasteiger charge is -2.35. The molecule has 2 aromatic carbocycles. The van der Waals surface area contributed by atoms with E-state index in [2.05, 4.69) is 5.32 Å². The Hall–Kier alpha value is -2.25. The molecule has 0 aromatic heterocycles. The number of carbonyl (C=O) groups excluding carboxylic acids is 1. The van der Waals surface area contributed by atoms with Crippen LogP contribution in [0.1, 0.15) is 18.4 Å². The summed E-state index contributed by atoms with van der Waals surface area (Å²) in [5.41, 5.74) is 1.29. The Kier molecular flexibility index (Phi) is 4.52. The first-order valence-corrected chi connectivity index (χ1v) is 10.5. The Morgan fingerprint density at radius 1 is 1.19 bits per heavy atom. The minimum Gasteiger partial charge on any atom is -0.476 e. The van der Waals surface area contributed by atoms with Crippen molar-refractivity contribution in [3.8, 4) is 5.75 Å². The maximum Gasteiger partial charge on any atom is 0.264 e. The van der Waals surface area contributed by atoms with Gasteiger partial charge in [-0.15, -0.1) is 0 Å². The van der Waals surface area contributed by atoms with E-state index in [0.717, 1.165) is 18.4 Å². The molecule has 0 bridgehead atoms. The average Bonchev–Trinajstić information content (AvgIpc) is 3.45. The van der Waals surface area contributed by atoms with Crippen molar-refractivity contribution in [2.75, 3.05) is 10.8 Å². The fourth-order valence-corrected chi connectivity index (χ4v) is 4.58. The van der Waals surface area contributed by atoms with E-state index in [1.807, 2.05) is 6.92 Å². The third-order valence-corrected chi connectivity index (χ3v) is 6.64. The number of fused-ring (bicyclic) bond motifs is 1. The number of nitrogens with one attached hydrogen (secondary N) is 1. The van der Waals surface area contributed by atoms with Gasteiger partial charge in [-0.2, -0.15) is 0 Å². The normalized spacial score (nSPS) is 19.2. The number of anilines is 1. The van der Waals surface area contributed by atoms with Crippen LogP contribution in [0.15, 0.2) is 47.4 Å². The second-order valence-corrected chi connectivity index (χ2v) is 9.15. The van der Waals surface area contributed by atoms with E-state index in [-0.39, 0.29) is 23.4 Å².